The summed E-state index contributed by atoms with van der Waals surface area (Å²) in [6, 6.07) is 5.68. The van der Waals surface area contributed by atoms with Gasteiger partial charge in [0.2, 0.25) is 0 Å². The summed E-state index contributed by atoms with van der Waals surface area (Å²) in [6.07, 6.45) is 21.2. The van der Waals surface area contributed by atoms with Crippen molar-refractivity contribution >= 4 is 18.0 Å². The van der Waals surface area contributed by atoms with Crippen LogP contribution < -0.4 is 0 Å². The van der Waals surface area contributed by atoms with Crippen molar-refractivity contribution in [1.29, 1.82) is 0 Å². The molecule has 0 N–H and O–H groups in total. The fourth-order valence-electron chi connectivity index (χ4n) is 6.02. The molecule has 3 atom stereocenters. The molecule has 1 aromatic carbocycles. The quantitative estimate of drug-likeness (QED) is 0.0538. The van der Waals surface area contributed by atoms with Crippen molar-refractivity contribution in [3.63, 3.8) is 0 Å². The Morgan fingerprint density at radius 3 is 2.36 bits per heavy atom. The van der Waals surface area contributed by atoms with Crippen LogP contribution in [-0.2, 0) is 43.9 Å². The Balaban J connectivity index is 1.68. The fourth-order valence-corrected chi connectivity index (χ4v) is 6.02. The van der Waals surface area contributed by atoms with Crippen LogP contribution in [0.1, 0.15) is 126 Å². The van der Waals surface area contributed by atoms with Crippen LogP contribution in [0.15, 0.2) is 43.2 Å². The topological polar surface area (TPSA) is 115 Å². The number of aryl methyl sites for hydroxylation is 1. The molecule has 3 rings (SSSR count). The number of esters is 2. The first-order valence-electron chi connectivity index (χ1n) is 18.0. The van der Waals surface area contributed by atoms with Gasteiger partial charge in [-0.25, -0.2) is 19.3 Å². The van der Waals surface area contributed by atoms with Gasteiger partial charge in [0, 0.05) is 37.5 Å². The summed E-state index contributed by atoms with van der Waals surface area (Å²) in [5, 5.41) is 0. The van der Waals surface area contributed by atoms with Gasteiger partial charge in [-0.2, -0.15) is 0 Å². The van der Waals surface area contributed by atoms with Gasteiger partial charge in [0.1, 0.15) is 18.5 Å². The maximum Gasteiger partial charge on any atom is 0.419 e. The zero-order valence-corrected chi connectivity index (χ0v) is 31.1. The van der Waals surface area contributed by atoms with E-state index in [0.717, 1.165) is 41.6 Å². The number of benzene rings is 1. The highest BCUT2D eigenvalue weighted by Gasteiger charge is 2.31. The largest absolute Gasteiger partial charge is 0.465 e. The van der Waals surface area contributed by atoms with Crippen LogP contribution in [0.25, 0.3) is 0 Å². The summed E-state index contributed by atoms with van der Waals surface area (Å²) < 4.78 is 20.3. The van der Waals surface area contributed by atoms with E-state index >= 15 is 0 Å². The summed E-state index contributed by atoms with van der Waals surface area (Å²) >= 11 is 0. The summed E-state index contributed by atoms with van der Waals surface area (Å²) in [7, 11) is 1.91. The van der Waals surface area contributed by atoms with Crippen molar-refractivity contribution in [3.8, 4) is 12.3 Å². The van der Waals surface area contributed by atoms with Gasteiger partial charge in [-0.05, 0) is 63.6 Å². The van der Waals surface area contributed by atoms with Crippen LogP contribution in [0.2, 0.25) is 0 Å². The molecule has 0 aliphatic rings. The lowest BCUT2D eigenvalue weighted by molar-refractivity contribution is -0.156. The Bertz CT molecular complexity index is 1580. The molecular formula is C40H56N4O6. The number of carbonyl (C=O) groups is 3. The Morgan fingerprint density at radius 1 is 1.00 bits per heavy atom. The van der Waals surface area contributed by atoms with E-state index in [9.17, 15) is 14.4 Å². The molecule has 2 aromatic heterocycles. The predicted molar refractivity (Wildman–Crippen MR) is 193 cm³/mol. The highest BCUT2D eigenvalue weighted by molar-refractivity contribution is 5.73. The molecule has 272 valence electrons. The van der Waals surface area contributed by atoms with E-state index in [2.05, 4.69) is 22.8 Å². The number of carbonyl (C=O) groups excluding carboxylic acids is 3. The lowest BCUT2D eigenvalue weighted by atomic mass is 9.87. The average Bonchev–Trinajstić information content (AvgIpc) is 3.72. The number of ether oxygens (including phenoxy) is 3. The molecule has 0 aliphatic carbocycles. The first-order valence-corrected chi connectivity index (χ1v) is 18.0. The molecule has 0 aliphatic heterocycles. The number of unbranched alkanes of at least 4 members (excludes halogenated alkanes) is 6. The molecular weight excluding hydrogens is 632 g/mol. The lowest BCUT2D eigenvalue weighted by Crippen LogP contribution is -2.31. The zero-order chi connectivity index (χ0) is 36.7. The van der Waals surface area contributed by atoms with Gasteiger partial charge in [0.05, 0.1) is 30.5 Å². The molecule has 1 unspecified atom stereocenters. The van der Waals surface area contributed by atoms with Crippen LogP contribution in [0.4, 0.5) is 4.79 Å². The molecule has 0 bridgehead atoms. The van der Waals surface area contributed by atoms with Crippen LogP contribution in [-0.4, -0.2) is 49.3 Å². The SMILES string of the molecule is C#C[C@H](c1cn(C(=O)OC(C)(C)C)cn1)c1cccc(COC(=O)C(CC)[C@H](COC(=O)CCCCCCCCC)Cc2cncn2C)c1C. The molecule has 0 amide bonds. The predicted octanol–water partition coefficient (Wildman–Crippen LogP) is 8.09. The minimum Gasteiger partial charge on any atom is -0.465 e. The van der Waals surface area contributed by atoms with Crippen molar-refractivity contribution in [2.45, 2.75) is 124 Å². The number of imidazole rings is 2. The number of nitrogens with zero attached hydrogens (tertiary/aromatic N) is 4. The van der Waals surface area contributed by atoms with Crippen molar-refractivity contribution in [2.24, 2.45) is 18.9 Å². The number of hydrogen-bond donors (Lipinski definition) is 0. The maximum atomic E-state index is 13.7. The molecule has 3 aromatic rings. The second-order valence-corrected chi connectivity index (χ2v) is 14.1. The number of rotatable bonds is 19. The average molecular weight is 689 g/mol. The smallest absolute Gasteiger partial charge is 0.419 e. The minimum absolute atomic E-state index is 0.0507. The van der Waals surface area contributed by atoms with Gasteiger partial charge >= 0.3 is 18.0 Å². The Labute approximate surface area is 298 Å². The first kappa shape index (κ1) is 40.0. The summed E-state index contributed by atoms with van der Waals surface area (Å²) in [5.74, 6) is 0.918. The number of hydrogen-bond acceptors (Lipinski definition) is 8. The van der Waals surface area contributed by atoms with Crippen LogP contribution in [0.5, 0.6) is 0 Å². The molecule has 0 spiro atoms. The third-order valence-electron chi connectivity index (χ3n) is 8.98. The fraction of sp³-hybridized carbons (Fsp3) is 0.575. The third kappa shape index (κ3) is 12.2. The highest BCUT2D eigenvalue weighted by Crippen LogP contribution is 2.29. The monoisotopic (exact) mass is 688 g/mol. The molecule has 10 nitrogen and oxygen atoms in total. The normalized spacial score (nSPS) is 13.2. The van der Waals surface area contributed by atoms with Crippen LogP contribution in [0, 0.1) is 31.1 Å². The van der Waals surface area contributed by atoms with E-state index in [1.807, 2.05) is 43.7 Å². The van der Waals surface area contributed by atoms with E-state index in [1.54, 1.807) is 39.5 Å². The van der Waals surface area contributed by atoms with Crippen molar-refractivity contribution in [3.05, 3.63) is 71.3 Å². The van der Waals surface area contributed by atoms with Crippen molar-refractivity contribution in [1.82, 2.24) is 19.1 Å². The lowest BCUT2D eigenvalue weighted by Gasteiger charge is -2.25. The molecule has 50 heavy (non-hydrogen) atoms. The maximum absolute atomic E-state index is 13.7. The molecule has 2 heterocycles. The molecule has 0 saturated carbocycles. The Kier molecular flexibility index (Phi) is 15.8. The minimum atomic E-state index is -0.651. The van der Waals surface area contributed by atoms with Crippen LogP contribution in [0.3, 0.4) is 0 Å². The van der Waals surface area contributed by atoms with Gasteiger partial charge in [-0.3, -0.25) is 9.59 Å². The van der Waals surface area contributed by atoms with Crippen LogP contribution >= 0.6 is 0 Å². The van der Waals surface area contributed by atoms with Gasteiger partial charge < -0.3 is 18.8 Å². The van der Waals surface area contributed by atoms with Gasteiger partial charge in [0.25, 0.3) is 0 Å². The molecule has 0 saturated heterocycles. The number of aromatic nitrogens is 4. The first-order chi connectivity index (χ1) is 23.9. The Morgan fingerprint density at radius 2 is 1.72 bits per heavy atom. The van der Waals surface area contributed by atoms with E-state index < -0.39 is 23.5 Å². The van der Waals surface area contributed by atoms with E-state index in [1.165, 1.54) is 36.6 Å². The Hall–Kier alpha value is -4.39. The van der Waals surface area contributed by atoms with E-state index in [-0.39, 0.29) is 31.1 Å². The molecule has 0 fully saturated rings. The number of terminal acetylenes is 1. The highest BCUT2D eigenvalue weighted by atomic mass is 16.6. The molecule has 10 heteroatoms. The zero-order valence-electron chi connectivity index (χ0n) is 31.1. The third-order valence-corrected chi connectivity index (χ3v) is 8.98. The summed E-state index contributed by atoms with van der Waals surface area (Å²) in [4.78, 5) is 47.6. The second kappa shape index (κ2) is 19.7. The van der Waals surface area contributed by atoms with Gasteiger partial charge in [0.15, 0.2) is 0 Å². The van der Waals surface area contributed by atoms with E-state index in [4.69, 9.17) is 20.6 Å². The summed E-state index contributed by atoms with van der Waals surface area (Å²) in [5.41, 5.74) is 3.32. The van der Waals surface area contributed by atoms with Gasteiger partial charge in [-0.1, -0.05) is 76.5 Å². The van der Waals surface area contributed by atoms with Gasteiger partial charge in [-0.15, -0.1) is 6.42 Å². The van der Waals surface area contributed by atoms with Crippen molar-refractivity contribution < 1.29 is 28.6 Å². The summed E-state index contributed by atoms with van der Waals surface area (Å²) in [6.45, 7) is 11.6. The molecule has 0 radical (unpaired) electrons. The standard InChI is InChI=1S/C40H56N4O6/c1-9-12-13-14-15-16-17-21-37(45)48-26-31(22-32-23-41-27-43(32)8)33(10-2)38(46)49-25-30-19-18-20-35(29(30)4)34(11-3)36-24-44(28-42-36)39(47)50-40(5,6)7/h3,18-20,23-24,27-28,31,33-34H,9-10,12-17,21-22,25-26H2,1-2,4-8H3/t31-,33?,34-/m0/s1. The van der Waals surface area contributed by atoms with Crippen molar-refractivity contribution in [2.75, 3.05) is 6.61 Å². The second-order valence-electron chi connectivity index (χ2n) is 14.1. The van der Waals surface area contributed by atoms with E-state index in [0.29, 0.717) is 25.0 Å².